The van der Waals surface area contributed by atoms with Gasteiger partial charge in [-0.15, -0.1) is 11.8 Å². The standard InChI is InChI=1S/C26H20OS/c27-26(19-18-22-11-4-1-5-12-22)24(21-23-13-6-2-7-14-23)15-10-20-28-25-16-8-3-9-17-25/h1-9,11-14,16-17,21,26-27H,20H2/b24-21+. The molecular weight excluding hydrogens is 360 g/mol. The summed E-state index contributed by atoms with van der Waals surface area (Å²) in [5.41, 5.74) is 2.46. The average Bonchev–Trinajstić information content (AvgIpc) is 2.76. The summed E-state index contributed by atoms with van der Waals surface area (Å²) < 4.78 is 0. The molecule has 0 fully saturated rings. The fourth-order valence-electron chi connectivity index (χ4n) is 2.44. The van der Waals surface area contributed by atoms with Gasteiger partial charge in [-0.1, -0.05) is 90.4 Å². The predicted octanol–water partition coefficient (Wildman–Crippen LogP) is 5.28. The molecule has 28 heavy (non-hydrogen) atoms. The van der Waals surface area contributed by atoms with E-state index < -0.39 is 6.10 Å². The molecule has 0 aliphatic rings. The Bertz CT molecular complexity index is 1020. The second kappa shape index (κ2) is 10.9. The van der Waals surface area contributed by atoms with Gasteiger partial charge in [0, 0.05) is 16.0 Å². The van der Waals surface area contributed by atoms with Crippen molar-refractivity contribution in [1.82, 2.24) is 0 Å². The molecule has 0 bridgehead atoms. The van der Waals surface area contributed by atoms with Crippen LogP contribution in [0.4, 0.5) is 0 Å². The molecule has 3 aromatic carbocycles. The third kappa shape index (κ3) is 6.53. The van der Waals surface area contributed by atoms with E-state index in [1.165, 1.54) is 4.90 Å². The second-order valence-electron chi connectivity index (χ2n) is 5.95. The van der Waals surface area contributed by atoms with Crippen molar-refractivity contribution in [3.63, 3.8) is 0 Å². The van der Waals surface area contributed by atoms with E-state index in [0.29, 0.717) is 11.3 Å². The zero-order chi connectivity index (χ0) is 19.4. The first-order chi connectivity index (χ1) is 13.8. The number of hydrogen-bond donors (Lipinski definition) is 1. The maximum absolute atomic E-state index is 10.6. The summed E-state index contributed by atoms with van der Waals surface area (Å²) in [4.78, 5) is 1.18. The predicted molar refractivity (Wildman–Crippen MR) is 119 cm³/mol. The van der Waals surface area contributed by atoms with Crippen molar-refractivity contribution >= 4 is 17.8 Å². The van der Waals surface area contributed by atoms with Crippen molar-refractivity contribution in [2.45, 2.75) is 11.0 Å². The van der Waals surface area contributed by atoms with Gasteiger partial charge in [0.15, 0.2) is 0 Å². The Morgan fingerprint density at radius 1 is 0.857 bits per heavy atom. The van der Waals surface area contributed by atoms with Crippen LogP contribution in [0.25, 0.3) is 6.08 Å². The average molecular weight is 381 g/mol. The van der Waals surface area contributed by atoms with Gasteiger partial charge in [0.1, 0.15) is 6.10 Å². The smallest absolute Gasteiger partial charge is 0.148 e. The van der Waals surface area contributed by atoms with E-state index in [9.17, 15) is 5.11 Å². The quantitative estimate of drug-likeness (QED) is 0.491. The lowest BCUT2D eigenvalue weighted by Gasteiger charge is -2.03. The van der Waals surface area contributed by atoms with Crippen LogP contribution in [0.1, 0.15) is 11.1 Å². The van der Waals surface area contributed by atoms with Crippen molar-refractivity contribution in [1.29, 1.82) is 0 Å². The largest absolute Gasteiger partial charge is 0.375 e. The highest BCUT2D eigenvalue weighted by Gasteiger charge is 2.05. The summed E-state index contributed by atoms with van der Waals surface area (Å²) in [6.45, 7) is 0. The molecule has 1 nitrogen and oxygen atoms in total. The van der Waals surface area contributed by atoms with E-state index in [1.807, 2.05) is 84.9 Å². The molecule has 0 radical (unpaired) electrons. The molecular formula is C26H20OS. The van der Waals surface area contributed by atoms with Gasteiger partial charge >= 0.3 is 0 Å². The Morgan fingerprint density at radius 3 is 2.14 bits per heavy atom. The number of benzene rings is 3. The van der Waals surface area contributed by atoms with Gasteiger partial charge in [0.2, 0.25) is 0 Å². The highest BCUT2D eigenvalue weighted by atomic mass is 32.2. The zero-order valence-electron chi connectivity index (χ0n) is 15.4. The first kappa shape index (κ1) is 19.6. The molecule has 0 spiro atoms. The highest BCUT2D eigenvalue weighted by Crippen LogP contribution is 2.16. The summed E-state index contributed by atoms with van der Waals surface area (Å²) in [7, 11) is 0. The monoisotopic (exact) mass is 380 g/mol. The van der Waals surface area contributed by atoms with E-state index in [4.69, 9.17) is 0 Å². The summed E-state index contributed by atoms with van der Waals surface area (Å²) >= 11 is 1.67. The number of rotatable bonds is 4. The molecule has 0 aliphatic carbocycles. The Labute approximate surface area is 171 Å². The lowest BCUT2D eigenvalue weighted by Crippen LogP contribution is -2.06. The van der Waals surface area contributed by atoms with Gasteiger partial charge < -0.3 is 5.11 Å². The third-order valence-corrected chi connectivity index (χ3v) is 4.72. The van der Waals surface area contributed by atoms with Gasteiger partial charge in [0.25, 0.3) is 0 Å². The van der Waals surface area contributed by atoms with Gasteiger partial charge in [-0.2, -0.15) is 0 Å². The highest BCUT2D eigenvalue weighted by molar-refractivity contribution is 7.99. The SMILES string of the molecule is OC(C#Cc1ccccc1)/C(C#CCSc1ccccc1)=C/c1ccccc1. The number of aliphatic hydroxyl groups excluding tert-OH is 1. The van der Waals surface area contributed by atoms with E-state index >= 15 is 0 Å². The number of hydrogen-bond acceptors (Lipinski definition) is 2. The molecule has 0 saturated heterocycles. The molecule has 3 rings (SSSR count). The van der Waals surface area contributed by atoms with Crippen molar-refractivity contribution in [3.05, 3.63) is 108 Å². The fraction of sp³-hybridized carbons (Fsp3) is 0.0769. The molecule has 0 aliphatic heterocycles. The Hall–Kier alpha value is -3.17. The van der Waals surface area contributed by atoms with Gasteiger partial charge in [-0.25, -0.2) is 0 Å². The van der Waals surface area contributed by atoms with Crippen molar-refractivity contribution in [2.24, 2.45) is 0 Å². The zero-order valence-corrected chi connectivity index (χ0v) is 16.2. The minimum Gasteiger partial charge on any atom is -0.375 e. The first-order valence-corrected chi connectivity index (χ1v) is 9.98. The van der Waals surface area contributed by atoms with Crippen LogP contribution in [-0.2, 0) is 0 Å². The molecule has 0 saturated carbocycles. The molecule has 0 aromatic heterocycles. The lowest BCUT2D eigenvalue weighted by atomic mass is 10.1. The molecule has 1 N–H and O–H groups in total. The Kier molecular flexibility index (Phi) is 7.59. The van der Waals surface area contributed by atoms with Gasteiger partial charge in [0.05, 0.1) is 5.75 Å². The van der Waals surface area contributed by atoms with Gasteiger partial charge in [-0.3, -0.25) is 0 Å². The van der Waals surface area contributed by atoms with Crippen molar-refractivity contribution < 1.29 is 5.11 Å². The molecule has 1 unspecified atom stereocenters. The van der Waals surface area contributed by atoms with E-state index in [0.717, 1.165) is 11.1 Å². The van der Waals surface area contributed by atoms with Crippen LogP contribution >= 0.6 is 11.8 Å². The Morgan fingerprint density at radius 2 is 1.46 bits per heavy atom. The minimum absolute atomic E-state index is 0.600. The van der Waals surface area contributed by atoms with Crippen LogP contribution in [0.5, 0.6) is 0 Å². The van der Waals surface area contributed by atoms with E-state index in [2.05, 4.69) is 35.8 Å². The summed E-state index contributed by atoms with van der Waals surface area (Å²) in [6, 6.07) is 29.6. The van der Waals surface area contributed by atoms with Gasteiger partial charge in [-0.05, 0) is 35.9 Å². The molecule has 136 valence electrons. The van der Waals surface area contributed by atoms with Crippen LogP contribution in [-0.4, -0.2) is 17.0 Å². The molecule has 0 amide bonds. The maximum atomic E-state index is 10.6. The van der Waals surface area contributed by atoms with Crippen molar-refractivity contribution in [2.75, 3.05) is 5.75 Å². The Balaban J connectivity index is 1.77. The number of aliphatic hydroxyl groups is 1. The van der Waals surface area contributed by atoms with E-state index in [1.54, 1.807) is 11.8 Å². The second-order valence-corrected chi connectivity index (χ2v) is 7.00. The van der Waals surface area contributed by atoms with E-state index in [-0.39, 0.29) is 0 Å². The van der Waals surface area contributed by atoms with Crippen LogP contribution in [0.2, 0.25) is 0 Å². The minimum atomic E-state index is -0.936. The molecule has 0 heterocycles. The fourth-order valence-corrected chi connectivity index (χ4v) is 3.10. The third-order valence-electron chi connectivity index (χ3n) is 3.83. The van der Waals surface area contributed by atoms with Crippen molar-refractivity contribution in [3.8, 4) is 23.7 Å². The number of thioether (sulfide) groups is 1. The summed E-state index contributed by atoms with van der Waals surface area (Å²) in [6.07, 6.45) is 0.958. The maximum Gasteiger partial charge on any atom is 0.148 e. The van der Waals surface area contributed by atoms with Crippen LogP contribution < -0.4 is 0 Å². The summed E-state index contributed by atoms with van der Waals surface area (Å²) in [5.74, 6) is 12.8. The summed E-state index contributed by atoms with van der Waals surface area (Å²) in [5, 5.41) is 10.6. The molecule has 1 atom stereocenters. The van der Waals surface area contributed by atoms with Crippen LogP contribution in [0, 0.1) is 23.7 Å². The normalized spacial score (nSPS) is 11.5. The molecule has 3 aromatic rings. The molecule has 2 heteroatoms. The topological polar surface area (TPSA) is 20.2 Å². The first-order valence-electron chi connectivity index (χ1n) is 8.99. The van der Waals surface area contributed by atoms with Crippen LogP contribution in [0.3, 0.4) is 0 Å². The lowest BCUT2D eigenvalue weighted by molar-refractivity contribution is 0.274. The van der Waals surface area contributed by atoms with Crippen LogP contribution in [0.15, 0.2) is 101 Å².